The van der Waals surface area contributed by atoms with Gasteiger partial charge in [-0.2, -0.15) is 0 Å². The average Bonchev–Trinajstić information content (AvgIpc) is 1.85. The summed E-state index contributed by atoms with van der Waals surface area (Å²) in [6, 6.07) is 0. The van der Waals surface area contributed by atoms with E-state index < -0.39 is 12.6 Å². The fraction of sp³-hybridized carbons (Fsp3) is 0.333. The molecule has 0 saturated carbocycles. The molecule has 0 aromatic heterocycles. The van der Waals surface area contributed by atoms with Crippen LogP contribution in [0.15, 0.2) is 12.2 Å². The maximum Gasteiger partial charge on any atom is 0.330 e. The lowest BCUT2D eigenvalue weighted by Gasteiger charge is -1.93. The van der Waals surface area contributed by atoms with Gasteiger partial charge in [-0.25, -0.2) is 9.18 Å². The van der Waals surface area contributed by atoms with Crippen molar-refractivity contribution in [1.29, 1.82) is 0 Å². The van der Waals surface area contributed by atoms with E-state index in [4.69, 9.17) is 0 Å². The molecule has 0 aliphatic heterocycles. The van der Waals surface area contributed by atoms with Gasteiger partial charge in [-0.3, -0.25) is 0 Å². The number of hydrogen-bond acceptors (Lipinski definition) is 2. The molecule has 0 fully saturated rings. The molecule has 3 heteroatoms. The van der Waals surface area contributed by atoms with Crippen molar-refractivity contribution < 1.29 is 13.9 Å². The van der Waals surface area contributed by atoms with Gasteiger partial charge in [-0.15, -0.1) is 0 Å². The SMILES string of the molecule is [CH2]/C=C/C(=O)OCCF. The number of ether oxygens (including phenoxy) is 1. The van der Waals surface area contributed by atoms with E-state index in [1.165, 1.54) is 6.08 Å². The molecule has 0 aromatic rings. The summed E-state index contributed by atoms with van der Waals surface area (Å²) >= 11 is 0. The molecule has 0 unspecified atom stereocenters. The van der Waals surface area contributed by atoms with Crippen molar-refractivity contribution >= 4 is 5.97 Å². The number of carbonyl (C=O) groups excluding carboxylic acids is 1. The predicted molar refractivity (Wildman–Crippen MR) is 31.4 cm³/mol. The molecule has 51 valence electrons. The van der Waals surface area contributed by atoms with Crippen molar-refractivity contribution in [2.45, 2.75) is 0 Å². The van der Waals surface area contributed by atoms with Crippen molar-refractivity contribution in [2.24, 2.45) is 0 Å². The van der Waals surface area contributed by atoms with Gasteiger partial charge >= 0.3 is 5.97 Å². The Morgan fingerprint density at radius 3 is 2.89 bits per heavy atom. The van der Waals surface area contributed by atoms with Gasteiger partial charge in [0, 0.05) is 6.08 Å². The van der Waals surface area contributed by atoms with Crippen LogP contribution in [0.5, 0.6) is 0 Å². The minimum atomic E-state index is -0.642. The van der Waals surface area contributed by atoms with Crippen LogP contribution in [0.25, 0.3) is 0 Å². The van der Waals surface area contributed by atoms with E-state index in [9.17, 15) is 9.18 Å². The van der Waals surface area contributed by atoms with Gasteiger partial charge in [0.2, 0.25) is 0 Å². The monoisotopic (exact) mass is 131 g/mol. The fourth-order valence-corrected chi connectivity index (χ4v) is 0.284. The molecule has 0 aromatic carbocycles. The third-order valence-corrected chi connectivity index (χ3v) is 0.575. The summed E-state index contributed by atoms with van der Waals surface area (Å²) in [5, 5.41) is 0. The van der Waals surface area contributed by atoms with E-state index in [1.807, 2.05) is 0 Å². The Bertz CT molecular complexity index is 110. The van der Waals surface area contributed by atoms with Crippen LogP contribution >= 0.6 is 0 Å². The summed E-state index contributed by atoms with van der Waals surface area (Å²) in [6.45, 7) is 2.44. The third kappa shape index (κ3) is 5.00. The second kappa shape index (κ2) is 5.28. The van der Waals surface area contributed by atoms with Crippen LogP contribution in [0.1, 0.15) is 0 Å². The molecule has 9 heavy (non-hydrogen) atoms. The summed E-state index contributed by atoms with van der Waals surface area (Å²) in [4.78, 5) is 10.3. The van der Waals surface area contributed by atoms with Crippen LogP contribution in [0, 0.1) is 6.92 Å². The molecule has 0 N–H and O–H groups in total. The standard InChI is InChI=1S/C6H8FO2/c1-2-3-6(8)9-5-4-7/h2-3H,1,4-5H2/b3-2+. The Morgan fingerprint density at radius 2 is 2.44 bits per heavy atom. The van der Waals surface area contributed by atoms with E-state index in [1.54, 1.807) is 0 Å². The van der Waals surface area contributed by atoms with Crippen LogP contribution in [-0.4, -0.2) is 19.3 Å². The van der Waals surface area contributed by atoms with E-state index >= 15 is 0 Å². The summed E-state index contributed by atoms with van der Waals surface area (Å²) in [5.41, 5.74) is 0. The number of alkyl halides is 1. The Balaban J connectivity index is 3.27. The zero-order valence-corrected chi connectivity index (χ0v) is 4.97. The Labute approximate surface area is 53.3 Å². The molecule has 0 bridgehead atoms. The summed E-state index contributed by atoms with van der Waals surface area (Å²) in [7, 11) is 0. The topological polar surface area (TPSA) is 26.3 Å². The maximum absolute atomic E-state index is 11.3. The van der Waals surface area contributed by atoms with E-state index in [-0.39, 0.29) is 6.61 Å². The highest BCUT2D eigenvalue weighted by Crippen LogP contribution is 1.80. The van der Waals surface area contributed by atoms with Crippen molar-refractivity contribution in [1.82, 2.24) is 0 Å². The molecule has 0 amide bonds. The van der Waals surface area contributed by atoms with Crippen molar-refractivity contribution in [3.05, 3.63) is 19.1 Å². The molecule has 2 nitrogen and oxygen atoms in total. The molecular formula is C6H8FO2. The third-order valence-electron chi connectivity index (χ3n) is 0.575. The quantitative estimate of drug-likeness (QED) is 0.420. The van der Waals surface area contributed by atoms with E-state index in [2.05, 4.69) is 11.7 Å². The maximum atomic E-state index is 11.3. The second-order valence-corrected chi connectivity index (χ2v) is 1.26. The predicted octanol–water partition coefficient (Wildman–Crippen LogP) is 0.889. The van der Waals surface area contributed by atoms with Crippen molar-refractivity contribution in [3.8, 4) is 0 Å². The van der Waals surface area contributed by atoms with Crippen LogP contribution in [0.3, 0.4) is 0 Å². The molecular weight excluding hydrogens is 123 g/mol. The molecule has 0 spiro atoms. The number of halogens is 1. The normalized spacial score (nSPS) is 10.0. The number of hydrogen-bond donors (Lipinski definition) is 0. The molecule has 0 aliphatic rings. The minimum Gasteiger partial charge on any atom is -0.460 e. The largest absolute Gasteiger partial charge is 0.460 e. The smallest absolute Gasteiger partial charge is 0.330 e. The average molecular weight is 131 g/mol. The number of allylic oxidation sites excluding steroid dienone is 1. The van der Waals surface area contributed by atoms with Gasteiger partial charge < -0.3 is 4.74 Å². The Kier molecular flexibility index (Phi) is 4.78. The van der Waals surface area contributed by atoms with Crippen molar-refractivity contribution in [3.63, 3.8) is 0 Å². The lowest BCUT2D eigenvalue weighted by Crippen LogP contribution is -2.02. The lowest BCUT2D eigenvalue weighted by atomic mass is 10.5. The zero-order valence-electron chi connectivity index (χ0n) is 4.97. The van der Waals surface area contributed by atoms with E-state index in [0.29, 0.717) is 0 Å². The first-order valence-corrected chi connectivity index (χ1v) is 2.49. The molecule has 0 rings (SSSR count). The molecule has 0 heterocycles. The molecule has 1 radical (unpaired) electrons. The Morgan fingerprint density at radius 1 is 1.78 bits per heavy atom. The van der Waals surface area contributed by atoms with Gasteiger partial charge in [0.15, 0.2) is 0 Å². The highest BCUT2D eigenvalue weighted by molar-refractivity contribution is 5.81. The minimum absolute atomic E-state index is 0.177. The van der Waals surface area contributed by atoms with Gasteiger partial charge in [0.05, 0.1) is 0 Å². The van der Waals surface area contributed by atoms with Crippen LogP contribution in [0.4, 0.5) is 4.39 Å². The molecule has 0 atom stereocenters. The first-order chi connectivity index (χ1) is 4.31. The van der Waals surface area contributed by atoms with Gasteiger partial charge in [0.25, 0.3) is 0 Å². The number of esters is 1. The Hall–Kier alpha value is -0.860. The first-order valence-electron chi connectivity index (χ1n) is 2.49. The van der Waals surface area contributed by atoms with Crippen molar-refractivity contribution in [2.75, 3.05) is 13.3 Å². The fourth-order valence-electron chi connectivity index (χ4n) is 0.284. The van der Waals surface area contributed by atoms with Crippen LogP contribution < -0.4 is 0 Å². The molecule has 0 saturated heterocycles. The van der Waals surface area contributed by atoms with Gasteiger partial charge in [-0.1, -0.05) is 6.08 Å². The second-order valence-electron chi connectivity index (χ2n) is 1.26. The van der Waals surface area contributed by atoms with Crippen LogP contribution in [0.2, 0.25) is 0 Å². The molecule has 0 aliphatic carbocycles. The highest BCUT2D eigenvalue weighted by Gasteiger charge is 1.92. The highest BCUT2D eigenvalue weighted by atomic mass is 19.1. The zero-order chi connectivity index (χ0) is 7.11. The number of rotatable bonds is 3. The van der Waals surface area contributed by atoms with Crippen LogP contribution in [-0.2, 0) is 9.53 Å². The lowest BCUT2D eigenvalue weighted by molar-refractivity contribution is -0.138. The number of carbonyl (C=O) groups is 1. The first kappa shape index (κ1) is 8.14. The summed E-state index contributed by atoms with van der Waals surface area (Å²) in [5.74, 6) is -0.553. The van der Waals surface area contributed by atoms with Gasteiger partial charge in [-0.05, 0) is 6.92 Å². The summed E-state index contributed by atoms with van der Waals surface area (Å²) in [6.07, 6.45) is 2.43. The van der Waals surface area contributed by atoms with E-state index in [0.717, 1.165) is 6.08 Å². The van der Waals surface area contributed by atoms with Gasteiger partial charge in [0.1, 0.15) is 13.3 Å². The summed E-state index contributed by atoms with van der Waals surface area (Å²) < 4.78 is 15.6.